The van der Waals surface area contributed by atoms with Crippen LogP contribution in [-0.4, -0.2) is 25.2 Å². The van der Waals surface area contributed by atoms with Gasteiger partial charge in [0.15, 0.2) is 5.96 Å². The summed E-state index contributed by atoms with van der Waals surface area (Å²) in [5.41, 5.74) is 5.75. The molecule has 3 N–H and O–H groups in total. The van der Waals surface area contributed by atoms with E-state index < -0.39 is 0 Å². The second-order valence-electron chi connectivity index (χ2n) is 4.86. The average molecular weight is 284 g/mol. The lowest BCUT2D eigenvalue weighted by molar-refractivity contribution is 0.224. The Kier molecular flexibility index (Phi) is 6.50. The molecule has 1 unspecified atom stereocenters. The Labute approximate surface area is 120 Å². The number of ether oxygens (including phenoxy) is 1. The van der Waals surface area contributed by atoms with Crippen LogP contribution in [0.4, 0.5) is 0 Å². The van der Waals surface area contributed by atoms with Gasteiger partial charge in [-0.3, -0.25) is 4.99 Å². The number of nitrogens with two attached hydrogens (primary N) is 1. The minimum Gasteiger partial charge on any atom is -0.487 e. The standard InChI is InChI=1S/C14H22ClN3O/c1-10(2)8-17-14(16)18-9-11(3)19-13-7-5-4-6-12(13)15/h4-7,10-11H,8-9H2,1-3H3,(H3,16,17,18). The summed E-state index contributed by atoms with van der Waals surface area (Å²) in [7, 11) is 0. The molecule has 19 heavy (non-hydrogen) atoms. The molecule has 0 saturated carbocycles. The maximum Gasteiger partial charge on any atom is 0.188 e. The van der Waals surface area contributed by atoms with E-state index in [-0.39, 0.29) is 6.10 Å². The largest absolute Gasteiger partial charge is 0.487 e. The molecule has 1 atom stereocenters. The zero-order valence-corrected chi connectivity index (χ0v) is 12.4. The van der Waals surface area contributed by atoms with E-state index in [0.29, 0.717) is 29.2 Å². The van der Waals surface area contributed by atoms with Gasteiger partial charge in [0.25, 0.3) is 0 Å². The molecule has 0 aromatic heterocycles. The first-order chi connectivity index (χ1) is 8.99. The van der Waals surface area contributed by atoms with Crippen molar-refractivity contribution in [2.45, 2.75) is 26.9 Å². The quantitative estimate of drug-likeness (QED) is 0.623. The van der Waals surface area contributed by atoms with E-state index in [0.717, 1.165) is 6.54 Å². The molecule has 0 spiro atoms. The average Bonchev–Trinajstić information content (AvgIpc) is 2.36. The van der Waals surface area contributed by atoms with Crippen molar-refractivity contribution in [3.8, 4) is 5.75 Å². The predicted molar refractivity (Wildman–Crippen MR) is 80.9 cm³/mol. The number of para-hydroxylation sites is 1. The Morgan fingerprint density at radius 1 is 1.37 bits per heavy atom. The lowest BCUT2D eigenvalue weighted by Gasteiger charge is -2.16. The van der Waals surface area contributed by atoms with Crippen molar-refractivity contribution in [1.29, 1.82) is 0 Å². The van der Waals surface area contributed by atoms with Crippen LogP contribution in [0.25, 0.3) is 0 Å². The fourth-order valence-corrected chi connectivity index (χ4v) is 1.56. The molecule has 1 aromatic carbocycles. The normalized spacial score (nSPS) is 13.4. The number of aliphatic imine (C=N–C) groups is 1. The first kappa shape index (κ1) is 15.6. The Bertz CT molecular complexity index is 421. The van der Waals surface area contributed by atoms with Gasteiger partial charge in [-0.15, -0.1) is 0 Å². The maximum absolute atomic E-state index is 6.02. The molecule has 106 valence electrons. The van der Waals surface area contributed by atoms with Gasteiger partial charge in [-0.25, -0.2) is 0 Å². The number of nitrogens with one attached hydrogen (secondary N) is 1. The first-order valence-corrected chi connectivity index (χ1v) is 6.81. The van der Waals surface area contributed by atoms with Crippen molar-refractivity contribution in [2.75, 3.05) is 13.1 Å². The molecule has 1 rings (SSSR count). The zero-order valence-electron chi connectivity index (χ0n) is 11.7. The molecule has 5 heteroatoms. The summed E-state index contributed by atoms with van der Waals surface area (Å²) >= 11 is 6.02. The van der Waals surface area contributed by atoms with Crippen LogP contribution >= 0.6 is 11.6 Å². The van der Waals surface area contributed by atoms with E-state index in [9.17, 15) is 0 Å². The molecule has 0 fully saturated rings. The summed E-state index contributed by atoms with van der Waals surface area (Å²) < 4.78 is 5.72. The summed E-state index contributed by atoms with van der Waals surface area (Å²) in [6.07, 6.45) is -0.0484. The summed E-state index contributed by atoms with van der Waals surface area (Å²) in [4.78, 5) is 4.22. The zero-order chi connectivity index (χ0) is 14.3. The summed E-state index contributed by atoms with van der Waals surface area (Å²) in [6.45, 7) is 7.45. The Hall–Kier alpha value is -1.42. The van der Waals surface area contributed by atoms with Gasteiger partial charge < -0.3 is 15.8 Å². The van der Waals surface area contributed by atoms with Crippen molar-refractivity contribution >= 4 is 17.6 Å². The van der Waals surface area contributed by atoms with Crippen LogP contribution in [0.5, 0.6) is 5.75 Å². The van der Waals surface area contributed by atoms with Gasteiger partial charge in [0, 0.05) is 6.54 Å². The van der Waals surface area contributed by atoms with Crippen LogP contribution in [0.1, 0.15) is 20.8 Å². The van der Waals surface area contributed by atoms with Gasteiger partial charge in [0.05, 0.1) is 11.6 Å². The molecule has 0 radical (unpaired) electrons. The first-order valence-electron chi connectivity index (χ1n) is 6.44. The van der Waals surface area contributed by atoms with Gasteiger partial charge in [0.1, 0.15) is 11.9 Å². The van der Waals surface area contributed by atoms with Crippen molar-refractivity contribution in [2.24, 2.45) is 16.6 Å². The highest BCUT2D eigenvalue weighted by molar-refractivity contribution is 6.32. The van der Waals surface area contributed by atoms with Gasteiger partial charge >= 0.3 is 0 Å². The minimum absolute atomic E-state index is 0.0484. The van der Waals surface area contributed by atoms with E-state index in [1.807, 2.05) is 25.1 Å². The Morgan fingerprint density at radius 3 is 2.68 bits per heavy atom. The van der Waals surface area contributed by atoms with Crippen LogP contribution in [0.15, 0.2) is 29.3 Å². The molecule has 0 aliphatic heterocycles. The van der Waals surface area contributed by atoms with Gasteiger partial charge in [-0.05, 0) is 25.0 Å². The number of hydrogen-bond acceptors (Lipinski definition) is 2. The molecule has 0 heterocycles. The van der Waals surface area contributed by atoms with Crippen molar-refractivity contribution in [3.05, 3.63) is 29.3 Å². The van der Waals surface area contributed by atoms with Gasteiger partial charge in [-0.2, -0.15) is 0 Å². The molecule has 0 aliphatic rings. The number of nitrogens with zero attached hydrogens (tertiary/aromatic N) is 1. The second kappa shape index (κ2) is 7.89. The molecule has 0 bridgehead atoms. The SMILES string of the molecule is CC(C)CN=C(N)NCC(C)Oc1ccccc1Cl. The highest BCUT2D eigenvalue weighted by Gasteiger charge is 2.07. The number of rotatable bonds is 6. The lowest BCUT2D eigenvalue weighted by Crippen LogP contribution is -2.38. The van der Waals surface area contributed by atoms with Crippen molar-refractivity contribution in [3.63, 3.8) is 0 Å². The topological polar surface area (TPSA) is 59.6 Å². The van der Waals surface area contributed by atoms with E-state index in [1.54, 1.807) is 6.07 Å². The lowest BCUT2D eigenvalue weighted by atomic mass is 10.2. The van der Waals surface area contributed by atoms with Gasteiger partial charge in [-0.1, -0.05) is 37.6 Å². The molecular weight excluding hydrogens is 262 g/mol. The van der Waals surface area contributed by atoms with E-state index in [4.69, 9.17) is 22.1 Å². The Morgan fingerprint density at radius 2 is 2.05 bits per heavy atom. The fourth-order valence-electron chi connectivity index (χ4n) is 1.38. The van der Waals surface area contributed by atoms with Gasteiger partial charge in [0.2, 0.25) is 0 Å². The monoisotopic (exact) mass is 283 g/mol. The van der Waals surface area contributed by atoms with E-state index in [2.05, 4.69) is 24.2 Å². The Balaban J connectivity index is 2.38. The van der Waals surface area contributed by atoms with E-state index in [1.165, 1.54) is 0 Å². The third-order valence-corrected chi connectivity index (χ3v) is 2.67. The van der Waals surface area contributed by atoms with Crippen molar-refractivity contribution in [1.82, 2.24) is 5.32 Å². The summed E-state index contributed by atoms with van der Waals surface area (Å²) in [6, 6.07) is 7.40. The molecular formula is C14H22ClN3O. The molecule has 0 aliphatic carbocycles. The number of halogens is 1. The van der Waals surface area contributed by atoms with Crippen LogP contribution < -0.4 is 15.8 Å². The van der Waals surface area contributed by atoms with Crippen LogP contribution in [0.2, 0.25) is 5.02 Å². The summed E-state index contributed by atoms with van der Waals surface area (Å²) in [5, 5.41) is 3.64. The highest BCUT2D eigenvalue weighted by atomic mass is 35.5. The number of benzene rings is 1. The predicted octanol–water partition coefficient (Wildman–Crippen LogP) is 2.67. The minimum atomic E-state index is -0.0484. The maximum atomic E-state index is 6.02. The molecule has 4 nitrogen and oxygen atoms in total. The van der Waals surface area contributed by atoms with Crippen LogP contribution in [0.3, 0.4) is 0 Å². The third kappa shape index (κ3) is 6.34. The third-order valence-electron chi connectivity index (χ3n) is 2.36. The molecule has 0 saturated heterocycles. The highest BCUT2D eigenvalue weighted by Crippen LogP contribution is 2.23. The molecule has 0 amide bonds. The smallest absolute Gasteiger partial charge is 0.188 e. The van der Waals surface area contributed by atoms with Crippen LogP contribution in [0, 0.1) is 5.92 Å². The van der Waals surface area contributed by atoms with Crippen molar-refractivity contribution < 1.29 is 4.74 Å². The fraction of sp³-hybridized carbons (Fsp3) is 0.500. The number of hydrogen-bond donors (Lipinski definition) is 2. The second-order valence-corrected chi connectivity index (χ2v) is 5.27. The van der Waals surface area contributed by atoms with Crippen LogP contribution in [-0.2, 0) is 0 Å². The van der Waals surface area contributed by atoms with E-state index >= 15 is 0 Å². The summed E-state index contributed by atoms with van der Waals surface area (Å²) in [5.74, 6) is 1.62. The number of guanidine groups is 1. The molecule has 1 aromatic rings.